The Balaban J connectivity index is 3.05. The summed E-state index contributed by atoms with van der Waals surface area (Å²) in [4.78, 5) is 21.2. The molecule has 0 aliphatic heterocycles. The molecule has 7 nitrogen and oxygen atoms in total. The Morgan fingerprint density at radius 2 is 2.17 bits per heavy atom. The fourth-order valence-electron chi connectivity index (χ4n) is 1.30. The molecule has 0 aliphatic rings. The maximum Gasteiger partial charge on any atom is 0.293 e. The molecule has 0 bridgehead atoms. The van der Waals surface area contributed by atoms with E-state index in [0.29, 0.717) is 0 Å². The van der Waals surface area contributed by atoms with Gasteiger partial charge in [-0.25, -0.2) is 0 Å². The van der Waals surface area contributed by atoms with E-state index in [4.69, 9.17) is 5.73 Å². The number of nitro benzene ring substituents is 1. The molecule has 0 heterocycles. The van der Waals surface area contributed by atoms with E-state index in [1.165, 1.54) is 12.1 Å². The molecule has 4 N–H and O–H groups in total. The van der Waals surface area contributed by atoms with E-state index in [1.54, 1.807) is 13.8 Å². The highest BCUT2D eigenvalue weighted by atomic mass is 16.6. The topological polar surface area (TPSA) is 118 Å². The molecule has 0 radical (unpaired) electrons. The fourth-order valence-corrected chi connectivity index (χ4v) is 1.30. The minimum absolute atomic E-state index is 0.0653. The molecule has 7 heteroatoms. The molecule has 1 aromatic rings. The zero-order chi connectivity index (χ0) is 13.9. The van der Waals surface area contributed by atoms with Crippen molar-refractivity contribution in [2.45, 2.75) is 19.4 Å². The van der Waals surface area contributed by atoms with Crippen LogP contribution >= 0.6 is 0 Å². The van der Waals surface area contributed by atoms with Crippen LogP contribution in [0.3, 0.4) is 0 Å². The van der Waals surface area contributed by atoms with E-state index in [1.807, 2.05) is 0 Å². The Hall–Kier alpha value is -2.15. The molecule has 0 saturated carbocycles. The second-order valence-corrected chi connectivity index (χ2v) is 4.52. The largest absolute Gasteiger partial charge is 0.389 e. The van der Waals surface area contributed by atoms with Crippen LogP contribution in [0.2, 0.25) is 0 Å². The summed E-state index contributed by atoms with van der Waals surface area (Å²) in [6.07, 6.45) is 0. The van der Waals surface area contributed by atoms with Crippen molar-refractivity contribution in [3.05, 3.63) is 33.9 Å². The number of anilines is 1. The van der Waals surface area contributed by atoms with Gasteiger partial charge in [-0.2, -0.15) is 0 Å². The third-order valence-corrected chi connectivity index (χ3v) is 2.19. The van der Waals surface area contributed by atoms with Crippen molar-refractivity contribution < 1.29 is 14.8 Å². The van der Waals surface area contributed by atoms with Crippen LogP contribution in [0.25, 0.3) is 0 Å². The van der Waals surface area contributed by atoms with E-state index in [-0.39, 0.29) is 23.5 Å². The van der Waals surface area contributed by atoms with E-state index in [2.05, 4.69) is 5.32 Å². The molecule has 0 unspecified atom stereocenters. The summed E-state index contributed by atoms with van der Waals surface area (Å²) < 4.78 is 0. The van der Waals surface area contributed by atoms with Crippen LogP contribution in [0.5, 0.6) is 0 Å². The number of amides is 1. The second-order valence-electron chi connectivity index (χ2n) is 4.52. The highest BCUT2D eigenvalue weighted by Gasteiger charge is 2.19. The van der Waals surface area contributed by atoms with Crippen LogP contribution in [-0.4, -0.2) is 28.1 Å². The van der Waals surface area contributed by atoms with Crippen LogP contribution in [-0.2, 0) is 0 Å². The number of nitrogens with one attached hydrogen (secondary N) is 1. The molecule has 0 saturated heterocycles. The Kier molecular flexibility index (Phi) is 3.87. The SMILES string of the molecule is CC(C)(O)CNc1ccc(C(N)=O)cc1[N+](=O)[O-]. The lowest BCUT2D eigenvalue weighted by Gasteiger charge is -2.18. The van der Waals surface area contributed by atoms with E-state index in [0.717, 1.165) is 6.07 Å². The van der Waals surface area contributed by atoms with Crippen molar-refractivity contribution in [1.82, 2.24) is 0 Å². The number of carbonyl (C=O) groups excluding carboxylic acids is 1. The van der Waals surface area contributed by atoms with Gasteiger partial charge in [0.25, 0.3) is 5.69 Å². The molecule has 0 atom stereocenters. The maximum atomic E-state index is 10.9. The summed E-state index contributed by atoms with van der Waals surface area (Å²) in [6.45, 7) is 3.29. The fraction of sp³-hybridized carbons (Fsp3) is 0.364. The van der Waals surface area contributed by atoms with Crippen LogP contribution in [0, 0.1) is 10.1 Å². The number of rotatable bonds is 5. The highest BCUT2D eigenvalue weighted by molar-refractivity contribution is 5.94. The summed E-state index contributed by atoms with van der Waals surface area (Å²) in [5, 5.41) is 23.2. The van der Waals surface area contributed by atoms with Gasteiger partial charge >= 0.3 is 0 Å². The maximum absolute atomic E-state index is 10.9. The second kappa shape index (κ2) is 5.01. The molecule has 0 aliphatic carbocycles. The van der Waals surface area contributed by atoms with Crippen molar-refractivity contribution in [3.63, 3.8) is 0 Å². The molecule has 1 rings (SSSR count). The Bertz CT molecular complexity index is 480. The molecule has 1 amide bonds. The normalized spacial score (nSPS) is 11.1. The van der Waals surface area contributed by atoms with Crippen LogP contribution < -0.4 is 11.1 Å². The van der Waals surface area contributed by atoms with Crippen LogP contribution in [0.15, 0.2) is 18.2 Å². The molecular weight excluding hydrogens is 238 g/mol. The first kappa shape index (κ1) is 13.9. The monoisotopic (exact) mass is 253 g/mol. The van der Waals surface area contributed by atoms with Crippen molar-refractivity contribution in [2.24, 2.45) is 5.73 Å². The minimum Gasteiger partial charge on any atom is -0.389 e. The molecule has 0 aromatic heterocycles. The smallest absolute Gasteiger partial charge is 0.293 e. The number of hydrogen-bond donors (Lipinski definition) is 3. The Morgan fingerprint density at radius 3 is 2.61 bits per heavy atom. The zero-order valence-corrected chi connectivity index (χ0v) is 10.1. The average molecular weight is 253 g/mol. The minimum atomic E-state index is -1.00. The molecule has 18 heavy (non-hydrogen) atoms. The van der Waals surface area contributed by atoms with Gasteiger partial charge < -0.3 is 16.2 Å². The average Bonchev–Trinajstić information content (AvgIpc) is 2.24. The quantitative estimate of drug-likeness (QED) is 0.531. The Labute approximate surface area is 104 Å². The van der Waals surface area contributed by atoms with Gasteiger partial charge in [0.1, 0.15) is 5.69 Å². The van der Waals surface area contributed by atoms with Crippen LogP contribution in [0.1, 0.15) is 24.2 Å². The number of carbonyl (C=O) groups is 1. The standard InChI is InChI=1S/C11H15N3O4/c1-11(2,16)6-13-8-4-3-7(10(12)15)5-9(8)14(17)18/h3-5,13,16H,6H2,1-2H3,(H2,12,15). The van der Waals surface area contributed by atoms with Crippen molar-refractivity contribution in [2.75, 3.05) is 11.9 Å². The number of primary amides is 1. The lowest BCUT2D eigenvalue weighted by Crippen LogP contribution is -2.29. The van der Waals surface area contributed by atoms with Gasteiger partial charge in [0, 0.05) is 18.2 Å². The molecular formula is C11H15N3O4. The summed E-state index contributed by atoms with van der Waals surface area (Å²) in [5.74, 6) is -0.730. The molecule has 0 fully saturated rings. The number of aliphatic hydroxyl groups is 1. The number of nitrogens with zero attached hydrogens (tertiary/aromatic N) is 1. The number of nitro groups is 1. The van der Waals surface area contributed by atoms with Gasteiger partial charge in [-0.15, -0.1) is 0 Å². The summed E-state index contributed by atoms with van der Waals surface area (Å²) in [6, 6.07) is 3.89. The first-order chi connectivity index (χ1) is 8.20. The first-order valence-electron chi connectivity index (χ1n) is 5.25. The van der Waals surface area contributed by atoms with Crippen LogP contribution in [0.4, 0.5) is 11.4 Å². The summed E-state index contributed by atoms with van der Waals surface area (Å²) in [7, 11) is 0. The molecule has 0 spiro atoms. The third kappa shape index (κ3) is 3.70. The lowest BCUT2D eigenvalue weighted by molar-refractivity contribution is -0.384. The van der Waals surface area contributed by atoms with Crippen molar-refractivity contribution in [1.29, 1.82) is 0 Å². The lowest BCUT2D eigenvalue weighted by atomic mass is 10.1. The van der Waals surface area contributed by atoms with Gasteiger partial charge in [-0.05, 0) is 26.0 Å². The van der Waals surface area contributed by atoms with E-state index in [9.17, 15) is 20.0 Å². The summed E-state index contributed by atoms with van der Waals surface area (Å²) in [5.41, 5.74) is 4.09. The van der Waals surface area contributed by atoms with Gasteiger partial charge in [-0.1, -0.05) is 0 Å². The predicted molar refractivity (Wildman–Crippen MR) is 66.4 cm³/mol. The zero-order valence-electron chi connectivity index (χ0n) is 10.1. The number of nitrogens with two attached hydrogens (primary N) is 1. The van der Waals surface area contributed by atoms with Gasteiger partial charge in [0.05, 0.1) is 10.5 Å². The summed E-state index contributed by atoms with van der Waals surface area (Å²) >= 11 is 0. The van der Waals surface area contributed by atoms with Crippen molar-refractivity contribution >= 4 is 17.3 Å². The Morgan fingerprint density at radius 1 is 1.56 bits per heavy atom. The van der Waals surface area contributed by atoms with E-state index < -0.39 is 16.4 Å². The first-order valence-corrected chi connectivity index (χ1v) is 5.25. The number of benzene rings is 1. The van der Waals surface area contributed by atoms with Gasteiger partial charge in [0.2, 0.25) is 5.91 Å². The molecule has 98 valence electrons. The molecule has 1 aromatic carbocycles. The van der Waals surface area contributed by atoms with E-state index >= 15 is 0 Å². The third-order valence-electron chi connectivity index (χ3n) is 2.19. The van der Waals surface area contributed by atoms with Gasteiger partial charge in [0.15, 0.2) is 0 Å². The van der Waals surface area contributed by atoms with Crippen molar-refractivity contribution in [3.8, 4) is 0 Å². The predicted octanol–water partition coefficient (Wildman–Crippen LogP) is 0.876. The highest BCUT2D eigenvalue weighted by Crippen LogP contribution is 2.25. The number of hydrogen-bond acceptors (Lipinski definition) is 5. The van der Waals surface area contributed by atoms with Gasteiger partial charge in [-0.3, -0.25) is 14.9 Å².